The predicted molar refractivity (Wildman–Crippen MR) is 130 cm³/mol. The van der Waals surface area contributed by atoms with Gasteiger partial charge in [0.2, 0.25) is 0 Å². The number of hydrogen-bond donors (Lipinski definition) is 1. The van der Waals surface area contributed by atoms with Crippen LogP contribution in [0.5, 0.6) is 0 Å². The van der Waals surface area contributed by atoms with Crippen molar-refractivity contribution in [1.29, 1.82) is 0 Å². The molecule has 0 saturated carbocycles. The molecule has 1 N–H and O–H groups in total. The van der Waals surface area contributed by atoms with E-state index in [1.165, 1.54) is 24.1 Å². The summed E-state index contributed by atoms with van der Waals surface area (Å²) in [5.41, 5.74) is 3.54. The SMILES string of the molecule is CNc1ccc(-c2cncc3c2ccn3Sc2cc(F)c(N3CCN(C)CC3)c(F)c2)nc1. The van der Waals surface area contributed by atoms with Crippen molar-refractivity contribution >= 4 is 34.2 Å². The molecule has 33 heavy (non-hydrogen) atoms. The third-order valence-electron chi connectivity index (χ3n) is 5.92. The van der Waals surface area contributed by atoms with E-state index in [4.69, 9.17) is 0 Å². The molecule has 1 fully saturated rings. The Bertz CT molecular complexity index is 1260. The first-order valence-corrected chi connectivity index (χ1v) is 11.5. The number of nitrogens with zero attached hydrogens (tertiary/aromatic N) is 5. The number of likely N-dealkylation sites (N-methyl/N-ethyl adjacent to an activating group) is 1. The molecule has 4 heterocycles. The summed E-state index contributed by atoms with van der Waals surface area (Å²) in [6.07, 6.45) is 7.18. The van der Waals surface area contributed by atoms with Gasteiger partial charge in [0.15, 0.2) is 11.6 Å². The average Bonchev–Trinajstić information content (AvgIpc) is 3.23. The number of halogens is 2. The Balaban J connectivity index is 1.44. The maximum atomic E-state index is 14.9. The summed E-state index contributed by atoms with van der Waals surface area (Å²) in [6.45, 7) is 2.78. The number of hydrogen-bond acceptors (Lipinski definition) is 6. The van der Waals surface area contributed by atoms with Crippen molar-refractivity contribution < 1.29 is 8.78 Å². The number of aromatic nitrogens is 3. The summed E-state index contributed by atoms with van der Waals surface area (Å²) in [4.78, 5) is 13.3. The van der Waals surface area contributed by atoms with Crippen LogP contribution >= 0.6 is 11.9 Å². The molecule has 4 aromatic rings. The molecule has 0 amide bonds. The second-order valence-electron chi connectivity index (χ2n) is 8.06. The fourth-order valence-corrected chi connectivity index (χ4v) is 4.96. The highest BCUT2D eigenvalue weighted by molar-refractivity contribution is 7.98. The molecule has 1 aliphatic heterocycles. The minimum absolute atomic E-state index is 0.0601. The second-order valence-corrected chi connectivity index (χ2v) is 9.11. The lowest BCUT2D eigenvalue weighted by atomic mass is 10.1. The predicted octanol–water partition coefficient (Wildman–Crippen LogP) is 4.73. The largest absolute Gasteiger partial charge is 0.387 e. The van der Waals surface area contributed by atoms with Crippen LogP contribution < -0.4 is 10.2 Å². The van der Waals surface area contributed by atoms with Gasteiger partial charge < -0.3 is 15.1 Å². The van der Waals surface area contributed by atoms with Gasteiger partial charge in [-0.2, -0.15) is 0 Å². The Morgan fingerprint density at radius 1 is 0.970 bits per heavy atom. The molecule has 0 bridgehead atoms. The zero-order chi connectivity index (χ0) is 22.9. The van der Waals surface area contributed by atoms with Crippen molar-refractivity contribution in [2.75, 3.05) is 50.5 Å². The summed E-state index contributed by atoms with van der Waals surface area (Å²) in [7, 11) is 3.86. The number of nitrogens with one attached hydrogen (secondary N) is 1. The van der Waals surface area contributed by atoms with E-state index >= 15 is 0 Å². The number of benzene rings is 1. The molecule has 9 heteroatoms. The maximum absolute atomic E-state index is 14.9. The standard InChI is InChI=1S/C24H24F2N6S/c1-27-16-3-4-22(29-13-16)19-14-28-15-23-18(19)5-6-32(23)33-17-11-20(25)24(21(26)12-17)31-9-7-30(2)8-10-31/h3-6,11-15,27H,7-10H2,1-2H3. The molecule has 1 aliphatic rings. The van der Waals surface area contributed by atoms with Gasteiger partial charge in [-0.1, -0.05) is 0 Å². The van der Waals surface area contributed by atoms with Gasteiger partial charge in [-0.25, -0.2) is 8.78 Å². The van der Waals surface area contributed by atoms with Gasteiger partial charge in [0.05, 0.1) is 29.3 Å². The first-order chi connectivity index (χ1) is 16.0. The quantitative estimate of drug-likeness (QED) is 0.459. The smallest absolute Gasteiger partial charge is 0.150 e. The first kappa shape index (κ1) is 21.7. The fraction of sp³-hybridized carbons (Fsp3) is 0.250. The van der Waals surface area contributed by atoms with Crippen LogP contribution in [0.25, 0.3) is 22.2 Å². The van der Waals surface area contributed by atoms with Gasteiger partial charge in [0, 0.05) is 61.5 Å². The molecule has 1 saturated heterocycles. The average molecular weight is 467 g/mol. The number of pyridine rings is 2. The van der Waals surface area contributed by atoms with Gasteiger partial charge >= 0.3 is 0 Å². The molecular weight excluding hydrogens is 442 g/mol. The van der Waals surface area contributed by atoms with Gasteiger partial charge in [-0.05, 0) is 49.3 Å². The Morgan fingerprint density at radius 2 is 1.73 bits per heavy atom. The number of fused-ring (bicyclic) bond motifs is 1. The zero-order valence-electron chi connectivity index (χ0n) is 18.4. The van der Waals surface area contributed by atoms with E-state index in [-0.39, 0.29) is 5.69 Å². The molecule has 0 atom stereocenters. The van der Waals surface area contributed by atoms with Crippen LogP contribution in [-0.2, 0) is 0 Å². The van der Waals surface area contributed by atoms with E-state index < -0.39 is 11.6 Å². The topological polar surface area (TPSA) is 49.2 Å². The van der Waals surface area contributed by atoms with Gasteiger partial charge in [0.25, 0.3) is 0 Å². The minimum atomic E-state index is -0.536. The van der Waals surface area contributed by atoms with Crippen LogP contribution in [0, 0.1) is 11.6 Å². The summed E-state index contributed by atoms with van der Waals surface area (Å²) in [5, 5.41) is 4.03. The van der Waals surface area contributed by atoms with Gasteiger partial charge in [-0.15, -0.1) is 0 Å². The summed E-state index contributed by atoms with van der Waals surface area (Å²) in [6, 6.07) is 8.68. The van der Waals surface area contributed by atoms with Crippen LogP contribution in [0.1, 0.15) is 0 Å². The minimum Gasteiger partial charge on any atom is -0.387 e. The highest BCUT2D eigenvalue weighted by Gasteiger charge is 2.22. The monoisotopic (exact) mass is 466 g/mol. The third-order valence-corrected chi connectivity index (χ3v) is 6.88. The van der Waals surface area contributed by atoms with Crippen molar-refractivity contribution in [2.45, 2.75) is 4.90 Å². The molecule has 0 unspecified atom stereocenters. The van der Waals surface area contributed by atoms with Crippen LogP contribution in [0.4, 0.5) is 20.2 Å². The normalized spacial score (nSPS) is 14.7. The molecule has 170 valence electrons. The molecular formula is C24H24F2N6S. The Morgan fingerprint density at radius 3 is 2.39 bits per heavy atom. The van der Waals surface area contributed by atoms with E-state index in [0.717, 1.165) is 40.9 Å². The second kappa shape index (κ2) is 8.99. The summed E-state index contributed by atoms with van der Waals surface area (Å²) in [5.74, 6) is -1.07. The lowest BCUT2D eigenvalue weighted by Gasteiger charge is -2.34. The fourth-order valence-electron chi connectivity index (χ4n) is 4.06. The first-order valence-electron chi connectivity index (χ1n) is 10.7. The van der Waals surface area contributed by atoms with Gasteiger partial charge in [-0.3, -0.25) is 13.9 Å². The Kier molecular flexibility index (Phi) is 5.90. The molecule has 0 aliphatic carbocycles. The molecule has 0 radical (unpaired) electrons. The van der Waals surface area contributed by atoms with Crippen LogP contribution in [0.2, 0.25) is 0 Å². The van der Waals surface area contributed by atoms with E-state index in [9.17, 15) is 8.78 Å². The Hall–Kier alpha value is -3.17. The lowest BCUT2D eigenvalue weighted by Crippen LogP contribution is -2.45. The van der Waals surface area contributed by atoms with Crippen molar-refractivity contribution in [3.8, 4) is 11.3 Å². The highest BCUT2D eigenvalue weighted by atomic mass is 32.2. The van der Waals surface area contributed by atoms with Crippen molar-refractivity contribution in [1.82, 2.24) is 18.8 Å². The maximum Gasteiger partial charge on any atom is 0.150 e. The third kappa shape index (κ3) is 4.26. The van der Waals surface area contributed by atoms with Crippen molar-refractivity contribution in [3.05, 3.63) is 66.8 Å². The molecule has 0 spiro atoms. The molecule has 5 rings (SSSR count). The van der Waals surface area contributed by atoms with E-state index in [1.54, 1.807) is 23.5 Å². The molecule has 6 nitrogen and oxygen atoms in total. The van der Waals surface area contributed by atoms with Crippen LogP contribution in [0.3, 0.4) is 0 Å². The molecule has 1 aromatic carbocycles. The number of piperazine rings is 1. The van der Waals surface area contributed by atoms with Crippen LogP contribution in [0.15, 0.2) is 60.0 Å². The van der Waals surface area contributed by atoms with Crippen molar-refractivity contribution in [2.24, 2.45) is 0 Å². The Labute approximate surface area is 195 Å². The number of anilines is 2. The highest BCUT2D eigenvalue weighted by Crippen LogP contribution is 2.34. The summed E-state index contributed by atoms with van der Waals surface area (Å²) < 4.78 is 31.8. The van der Waals surface area contributed by atoms with E-state index in [1.807, 2.05) is 42.5 Å². The van der Waals surface area contributed by atoms with Crippen LogP contribution in [-0.4, -0.2) is 59.1 Å². The lowest BCUT2D eigenvalue weighted by molar-refractivity contribution is 0.310. The van der Waals surface area contributed by atoms with E-state index in [0.29, 0.717) is 18.0 Å². The number of rotatable bonds is 5. The van der Waals surface area contributed by atoms with Crippen molar-refractivity contribution in [3.63, 3.8) is 0 Å². The molecule has 3 aromatic heterocycles. The zero-order valence-corrected chi connectivity index (χ0v) is 19.2. The van der Waals surface area contributed by atoms with E-state index in [2.05, 4.69) is 20.2 Å². The summed E-state index contributed by atoms with van der Waals surface area (Å²) >= 11 is 1.26. The van der Waals surface area contributed by atoms with Gasteiger partial charge in [0.1, 0.15) is 5.69 Å².